The Morgan fingerprint density at radius 2 is 2.13 bits per heavy atom. The number of imidazole rings is 1. The van der Waals surface area contributed by atoms with Crippen LogP contribution in [0.1, 0.15) is 23.7 Å². The largest absolute Gasteiger partial charge is 0.462 e. The topological polar surface area (TPSA) is 64.4 Å². The molecule has 3 rings (SSSR count). The number of esters is 1. The van der Waals surface area contributed by atoms with Gasteiger partial charge in [-0.2, -0.15) is 0 Å². The van der Waals surface area contributed by atoms with Crippen molar-refractivity contribution in [2.75, 3.05) is 19.7 Å². The first-order valence-corrected chi connectivity index (χ1v) is 7.70. The van der Waals surface area contributed by atoms with Gasteiger partial charge in [0.25, 0.3) is 0 Å². The Morgan fingerprint density at radius 3 is 2.74 bits per heavy atom. The molecular formula is C17H19N3O3. The fourth-order valence-corrected chi connectivity index (χ4v) is 2.73. The van der Waals surface area contributed by atoms with Crippen LogP contribution in [0.5, 0.6) is 0 Å². The Kier molecular flexibility index (Phi) is 4.41. The third-order valence-corrected chi connectivity index (χ3v) is 4.03. The van der Waals surface area contributed by atoms with Crippen LogP contribution in [-0.2, 0) is 9.53 Å². The van der Waals surface area contributed by atoms with Crippen molar-refractivity contribution in [2.45, 2.75) is 13.3 Å². The zero-order valence-corrected chi connectivity index (χ0v) is 13.0. The molecule has 0 bridgehead atoms. The number of likely N-dealkylation sites (tertiary alicyclic amines) is 1. The highest BCUT2D eigenvalue weighted by Crippen LogP contribution is 2.18. The van der Waals surface area contributed by atoms with E-state index in [1.165, 1.54) is 0 Å². The molecule has 6 heteroatoms. The predicted octanol–water partition coefficient (Wildman–Crippen LogP) is 1.90. The number of carbonyl (C=O) groups excluding carboxylic acids is 2. The first-order valence-electron chi connectivity index (χ1n) is 7.70. The Morgan fingerprint density at radius 1 is 1.35 bits per heavy atom. The van der Waals surface area contributed by atoms with E-state index < -0.39 is 0 Å². The van der Waals surface area contributed by atoms with Gasteiger partial charge in [0.1, 0.15) is 0 Å². The molecule has 1 aromatic carbocycles. The quantitative estimate of drug-likeness (QED) is 0.791. The van der Waals surface area contributed by atoms with Crippen molar-refractivity contribution in [2.24, 2.45) is 5.92 Å². The van der Waals surface area contributed by atoms with Gasteiger partial charge in [0.2, 0.25) is 5.91 Å². The molecule has 0 spiro atoms. The summed E-state index contributed by atoms with van der Waals surface area (Å²) in [6, 6.07) is 7.15. The van der Waals surface area contributed by atoms with Gasteiger partial charge in [0, 0.05) is 43.5 Å². The zero-order chi connectivity index (χ0) is 16.2. The maximum atomic E-state index is 12.1. The molecule has 2 heterocycles. The number of ether oxygens (including phenoxy) is 1. The third-order valence-electron chi connectivity index (χ3n) is 4.03. The van der Waals surface area contributed by atoms with Crippen LogP contribution in [0.4, 0.5) is 0 Å². The fraction of sp³-hybridized carbons (Fsp3) is 0.353. The number of hydrogen-bond acceptors (Lipinski definition) is 4. The lowest BCUT2D eigenvalue weighted by Crippen LogP contribution is -2.25. The molecule has 0 saturated carbocycles. The summed E-state index contributed by atoms with van der Waals surface area (Å²) in [5.74, 6) is -0.126. The minimum Gasteiger partial charge on any atom is -0.462 e. The molecule has 0 aliphatic carbocycles. The lowest BCUT2D eigenvalue weighted by Gasteiger charge is -2.13. The van der Waals surface area contributed by atoms with Crippen molar-refractivity contribution in [3.63, 3.8) is 0 Å². The number of carbonyl (C=O) groups is 2. The van der Waals surface area contributed by atoms with Gasteiger partial charge in [-0.15, -0.1) is 0 Å². The van der Waals surface area contributed by atoms with E-state index in [-0.39, 0.29) is 24.4 Å². The molecule has 0 N–H and O–H groups in total. The molecule has 120 valence electrons. The van der Waals surface area contributed by atoms with Crippen LogP contribution in [0.15, 0.2) is 43.0 Å². The zero-order valence-electron chi connectivity index (χ0n) is 13.0. The van der Waals surface area contributed by atoms with E-state index in [2.05, 4.69) is 4.98 Å². The van der Waals surface area contributed by atoms with E-state index in [1.54, 1.807) is 29.6 Å². The molecule has 1 amide bonds. The van der Waals surface area contributed by atoms with Gasteiger partial charge in [-0.05, 0) is 31.2 Å². The van der Waals surface area contributed by atoms with Gasteiger partial charge in [-0.3, -0.25) is 4.79 Å². The van der Waals surface area contributed by atoms with Crippen molar-refractivity contribution in [1.82, 2.24) is 14.5 Å². The van der Waals surface area contributed by atoms with Crippen LogP contribution in [0, 0.1) is 5.92 Å². The van der Waals surface area contributed by atoms with E-state index in [4.69, 9.17) is 4.74 Å². The maximum absolute atomic E-state index is 12.1. The smallest absolute Gasteiger partial charge is 0.338 e. The summed E-state index contributed by atoms with van der Waals surface area (Å²) >= 11 is 0. The summed E-state index contributed by atoms with van der Waals surface area (Å²) in [5, 5.41) is 0. The van der Waals surface area contributed by atoms with Crippen molar-refractivity contribution < 1.29 is 14.3 Å². The number of rotatable bonds is 5. The highest BCUT2D eigenvalue weighted by Gasteiger charge is 2.29. The van der Waals surface area contributed by atoms with Gasteiger partial charge < -0.3 is 14.2 Å². The van der Waals surface area contributed by atoms with Crippen LogP contribution < -0.4 is 0 Å². The molecule has 1 fully saturated rings. The van der Waals surface area contributed by atoms with E-state index >= 15 is 0 Å². The molecule has 23 heavy (non-hydrogen) atoms. The molecule has 0 unspecified atom stereocenters. The number of benzene rings is 1. The molecular weight excluding hydrogens is 294 g/mol. The highest BCUT2D eigenvalue weighted by molar-refractivity contribution is 5.89. The summed E-state index contributed by atoms with van der Waals surface area (Å²) in [7, 11) is 0. The molecule has 1 aliphatic rings. The van der Waals surface area contributed by atoms with Gasteiger partial charge >= 0.3 is 5.97 Å². The van der Waals surface area contributed by atoms with Crippen LogP contribution in [0.25, 0.3) is 5.69 Å². The summed E-state index contributed by atoms with van der Waals surface area (Å²) in [5.41, 5.74) is 1.43. The van der Waals surface area contributed by atoms with E-state index in [0.717, 1.165) is 5.69 Å². The fourth-order valence-electron chi connectivity index (χ4n) is 2.73. The standard InChI is InChI=1S/C17H19N3O3/c1-2-19-10-13(9-16(19)21)11-23-17(22)14-3-5-15(6-4-14)20-8-7-18-12-20/h3-8,12-13H,2,9-11H2,1H3/t13-/m1/s1. The molecule has 1 aromatic heterocycles. The first kappa shape index (κ1) is 15.3. The summed E-state index contributed by atoms with van der Waals surface area (Å²) in [4.78, 5) is 29.5. The lowest BCUT2D eigenvalue weighted by atomic mass is 10.1. The normalized spacial score (nSPS) is 17.5. The second-order valence-corrected chi connectivity index (χ2v) is 5.62. The van der Waals surface area contributed by atoms with Crippen LogP contribution in [0.2, 0.25) is 0 Å². The van der Waals surface area contributed by atoms with Gasteiger partial charge in [-0.1, -0.05) is 0 Å². The summed E-state index contributed by atoms with van der Waals surface area (Å²) < 4.78 is 7.21. The van der Waals surface area contributed by atoms with Gasteiger partial charge in [-0.25, -0.2) is 9.78 Å². The lowest BCUT2D eigenvalue weighted by molar-refractivity contribution is -0.127. The van der Waals surface area contributed by atoms with E-state index in [9.17, 15) is 9.59 Å². The molecule has 2 aromatic rings. The number of aromatic nitrogens is 2. The number of hydrogen-bond donors (Lipinski definition) is 0. The van der Waals surface area contributed by atoms with Crippen molar-refractivity contribution in [3.05, 3.63) is 48.5 Å². The molecule has 1 saturated heterocycles. The average molecular weight is 313 g/mol. The van der Waals surface area contributed by atoms with Gasteiger partial charge in [0.15, 0.2) is 0 Å². The first-order chi connectivity index (χ1) is 11.2. The van der Waals surface area contributed by atoms with Crippen molar-refractivity contribution in [3.8, 4) is 5.69 Å². The summed E-state index contributed by atoms with van der Waals surface area (Å²) in [6.07, 6.45) is 5.69. The highest BCUT2D eigenvalue weighted by atomic mass is 16.5. The molecule has 1 aliphatic heterocycles. The minimum atomic E-state index is -0.357. The number of nitrogens with zero attached hydrogens (tertiary/aromatic N) is 3. The van der Waals surface area contributed by atoms with Crippen molar-refractivity contribution in [1.29, 1.82) is 0 Å². The van der Waals surface area contributed by atoms with Crippen molar-refractivity contribution >= 4 is 11.9 Å². The maximum Gasteiger partial charge on any atom is 0.338 e. The monoisotopic (exact) mass is 313 g/mol. The van der Waals surface area contributed by atoms with Crippen LogP contribution in [0.3, 0.4) is 0 Å². The van der Waals surface area contributed by atoms with Gasteiger partial charge in [0.05, 0.1) is 18.5 Å². The summed E-state index contributed by atoms with van der Waals surface area (Å²) in [6.45, 7) is 3.61. The second kappa shape index (κ2) is 6.64. The average Bonchev–Trinajstić information content (AvgIpc) is 3.22. The Hall–Kier alpha value is -2.63. The molecule has 0 radical (unpaired) electrons. The van der Waals surface area contributed by atoms with Crippen LogP contribution >= 0.6 is 0 Å². The number of amides is 1. The predicted molar refractivity (Wildman–Crippen MR) is 84.2 cm³/mol. The third kappa shape index (κ3) is 3.41. The van der Waals surface area contributed by atoms with E-state index in [1.807, 2.05) is 29.8 Å². The molecule has 1 atom stereocenters. The Balaban J connectivity index is 1.55. The Bertz CT molecular complexity index is 680. The SMILES string of the molecule is CCN1C[C@H](COC(=O)c2ccc(-n3ccnc3)cc2)CC1=O. The minimum absolute atomic E-state index is 0.0941. The second-order valence-electron chi connectivity index (χ2n) is 5.62. The molecule has 6 nitrogen and oxygen atoms in total. The van der Waals surface area contributed by atoms with Crippen LogP contribution in [-0.4, -0.2) is 46.0 Å². The Labute approximate surface area is 134 Å². The van der Waals surface area contributed by atoms with E-state index in [0.29, 0.717) is 25.1 Å².